The first-order valence-electron chi connectivity index (χ1n) is 5.51. The van der Waals surface area contributed by atoms with E-state index in [4.69, 9.17) is 16.2 Å². The second-order valence-corrected chi connectivity index (χ2v) is 5.84. The molecule has 0 fully saturated rings. The number of rotatable bonds is 4. The van der Waals surface area contributed by atoms with Crippen molar-refractivity contribution in [2.45, 2.75) is 11.4 Å². The van der Waals surface area contributed by atoms with E-state index in [0.717, 1.165) is 5.56 Å². The molecule has 0 unspecified atom stereocenters. The molecule has 0 spiro atoms. The van der Waals surface area contributed by atoms with Gasteiger partial charge < -0.3 is 5.32 Å². The second kappa shape index (κ2) is 5.61. The van der Waals surface area contributed by atoms with Crippen molar-refractivity contribution >= 4 is 27.4 Å². The van der Waals surface area contributed by atoms with Crippen LogP contribution in [-0.4, -0.2) is 13.0 Å². The summed E-state index contributed by atoms with van der Waals surface area (Å²) >= 11 is 5.78. The summed E-state index contributed by atoms with van der Waals surface area (Å²) in [5.74, 6) is 0. The Labute approximate surface area is 116 Å². The zero-order valence-electron chi connectivity index (χ0n) is 9.88. The lowest BCUT2D eigenvalue weighted by molar-refractivity contribution is 0.483. The number of halogens is 1. The number of hydrogen-bond acceptors (Lipinski definition) is 3. The van der Waals surface area contributed by atoms with Crippen LogP contribution in [0.4, 0.5) is 5.69 Å². The molecular formula is C13H12ClNO3S. The average molecular weight is 298 g/mol. The van der Waals surface area contributed by atoms with E-state index in [0.29, 0.717) is 17.3 Å². The molecule has 0 aliphatic heterocycles. The molecule has 4 nitrogen and oxygen atoms in total. The van der Waals surface area contributed by atoms with E-state index in [1.54, 1.807) is 24.3 Å². The summed E-state index contributed by atoms with van der Waals surface area (Å²) < 4.78 is 31.0. The monoisotopic (exact) mass is 297 g/mol. The van der Waals surface area contributed by atoms with Gasteiger partial charge in [-0.15, -0.1) is 0 Å². The Hall–Kier alpha value is -1.56. The molecule has 0 aliphatic carbocycles. The van der Waals surface area contributed by atoms with E-state index in [2.05, 4.69) is 5.32 Å². The van der Waals surface area contributed by atoms with Gasteiger partial charge in [0.05, 0.1) is 4.90 Å². The Morgan fingerprint density at radius 1 is 1.11 bits per heavy atom. The maximum Gasteiger partial charge on any atom is 0.294 e. The Morgan fingerprint density at radius 3 is 2.42 bits per heavy atom. The minimum absolute atomic E-state index is 0.131. The summed E-state index contributed by atoms with van der Waals surface area (Å²) in [7, 11) is -4.17. The van der Waals surface area contributed by atoms with Crippen LogP contribution in [0.25, 0.3) is 0 Å². The highest BCUT2D eigenvalue weighted by atomic mass is 35.5. The lowest BCUT2D eigenvalue weighted by Gasteiger charge is -2.07. The molecule has 2 aromatic carbocycles. The molecule has 0 aliphatic rings. The first kappa shape index (κ1) is 13.9. The molecule has 19 heavy (non-hydrogen) atoms. The smallest absolute Gasteiger partial charge is 0.294 e. The van der Waals surface area contributed by atoms with Crippen molar-refractivity contribution < 1.29 is 13.0 Å². The van der Waals surface area contributed by atoms with Crippen molar-refractivity contribution in [1.29, 1.82) is 0 Å². The van der Waals surface area contributed by atoms with Crippen LogP contribution >= 0.6 is 11.6 Å². The predicted molar refractivity (Wildman–Crippen MR) is 75.0 cm³/mol. The number of anilines is 1. The topological polar surface area (TPSA) is 66.4 Å². The van der Waals surface area contributed by atoms with E-state index < -0.39 is 10.1 Å². The van der Waals surface area contributed by atoms with E-state index in [-0.39, 0.29) is 4.90 Å². The van der Waals surface area contributed by atoms with Crippen LogP contribution in [-0.2, 0) is 16.7 Å². The maximum absolute atomic E-state index is 11.0. The molecule has 0 bridgehead atoms. The van der Waals surface area contributed by atoms with Crippen LogP contribution in [0, 0.1) is 0 Å². The third kappa shape index (κ3) is 3.96. The average Bonchev–Trinajstić information content (AvgIpc) is 2.37. The molecule has 0 heterocycles. The fourth-order valence-corrected chi connectivity index (χ4v) is 2.23. The normalized spacial score (nSPS) is 11.3. The lowest BCUT2D eigenvalue weighted by atomic mass is 10.2. The molecule has 0 atom stereocenters. The highest BCUT2D eigenvalue weighted by Crippen LogP contribution is 2.16. The third-order valence-corrected chi connectivity index (χ3v) is 3.64. The zero-order valence-corrected chi connectivity index (χ0v) is 11.4. The van der Waals surface area contributed by atoms with Gasteiger partial charge in [-0.3, -0.25) is 4.55 Å². The summed E-state index contributed by atoms with van der Waals surface area (Å²) in [5, 5.41) is 3.74. The van der Waals surface area contributed by atoms with Gasteiger partial charge in [0.15, 0.2) is 0 Å². The van der Waals surface area contributed by atoms with Crippen molar-refractivity contribution in [2.24, 2.45) is 0 Å². The van der Waals surface area contributed by atoms with Crippen LogP contribution in [0.15, 0.2) is 53.4 Å². The number of nitrogens with one attached hydrogen (secondary N) is 1. The SMILES string of the molecule is O=S(=O)(O)c1cccc(NCc2ccc(Cl)cc2)c1. The van der Waals surface area contributed by atoms with Gasteiger partial charge in [0.25, 0.3) is 10.1 Å². The first-order valence-corrected chi connectivity index (χ1v) is 7.33. The summed E-state index contributed by atoms with van der Waals surface area (Å²) in [4.78, 5) is -0.131. The van der Waals surface area contributed by atoms with Crippen LogP contribution in [0.1, 0.15) is 5.56 Å². The van der Waals surface area contributed by atoms with Gasteiger partial charge in [-0.25, -0.2) is 0 Å². The first-order chi connectivity index (χ1) is 8.95. The van der Waals surface area contributed by atoms with E-state index in [1.165, 1.54) is 12.1 Å². The van der Waals surface area contributed by atoms with Gasteiger partial charge >= 0.3 is 0 Å². The van der Waals surface area contributed by atoms with Crippen molar-refractivity contribution in [3.05, 3.63) is 59.1 Å². The van der Waals surface area contributed by atoms with Gasteiger partial charge in [-0.05, 0) is 35.9 Å². The number of benzene rings is 2. The third-order valence-electron chi connectivity index (χ3n) is 2.54. The molecule has 0 saturated heterocycles. The molecule has 0 saturated carbocycles. The fraction of sp³-hybridized carbons (Fsp3) is 0.0769. The Morgan fingerprint density at radius 2 is 1.79 bits per heavy atom. The van der Waals surface area contributed by atoms with Crippen molar-refractivity contribution in [3.63, 3.8) is 0 Å². The standard InChI is InChI=1S/C13H12ClNO3S/c14-11-6-4-10(5-7-11)9-15-12-2-1-3-13(8-12)19(16,17)18/h1-8,15H,9H2,(H,16,17,18). The van der Waals surface area contributed by atoms with Gasteiger partial charge in [-0.1, -0.05) is 29.8 Å². The predicted octanol–water partition coefficient (Wildman–Crippen LogP) is 3.20. The van der Waals surface area contributed by atoms with Crippen LogP contribution in [0.2, 0.25) is 5.02 Å². The highest BCUT2D eigenvalue weighted by molar-refractivity contribution is 7.85. The molecule has 0 amide bonds. The molecule has 2 rings (SSSR count). The van der Waals surface area contributed by atoms with Crippen LogP contribution in [0.5, 0.6) is 0 Å². The summed E-state index contributed by atoms with van der Waals surface area (Å²) in [6, 6.07) is 13.3. The Bertz CT molecular complexity index is 669. The van der Waals surface area contributed by atoms with Crippen molar-refractivity contribution in [3.8, 4) is 0 Å². The quantitative estimate of drug-likeness (QED) is 0.851. The largest absolute Gasteiger partial charge is 0.381 e. The molecule has 100 valence electrons. The molecule has 0 radical (unpaired) electrons. The van der Waals surface area contributed by atoms with Gasteiger partial charge in [0.1, 0.15) is 0 Å². The Balaban J connectivity index is 2.10. The Kier molecular flexibility index (Phi) is 4.09. The van der Waals surface area contributed by atoms with Gasteiger partial charge in [0, 0.05) is 17.3 Å². The van der Waals surface area contributed by atoms with Crippen LogP contribution < -0.4 is 5.32 Å². The highest BCUT2D eigenvalue weighted by Gasteiger charge is 2.09. The molecule has 0 aromatic heterocycles. The van der Waals surface area contributed by atoms with E-state index in [1.807, 2.05) is 12.1 Å². The minimum Gasteiger partial charge on any atom is -0.381 e. The second-order valence-electron chi connectivity index (χ2n) is 3.98. The van der Waals surface area contributed by atoms with E-state index >= 15 is 0 Å². The fourth-order valence-electron chi connectivity index (χ4n) is 1.57. The van der Waals surface area contributed by atoms with E-state index in [9.17, 15) is 8.42 Å². The van der Waals surface area contributed by atoms with Gasteiger partial charge in [-0.2, -0.15) is 8.42 Å². The minimum atomic E-state index is -4.17. The van der Waals surface area contributed by atoms with Crippen molar-refractivity contribution in [1.82, 2.24) is 0 Å². The summed E-state index contributed by atoms with van der Waals surface area (Å²) in [5.41, 5.74) is 1.63. The molecule has 6 heteroatoms. The molecule has 2 aromatic rings. The zero-order chi connectivity index (χ0) is 13.9. The summed E-state index contributed by atoms with van der Waals surface area (Å²) in [6.45, 7) is 0.534. The van der Waals surface area contributed by atoms with Crippen LogP contribution in [0.3, 0.4) is 0 Å². The molecular weight excluding hydrogens is 286 g/mol. The maximum atomic E-state index is 11.0. The summed E-state index contributed by atoms with van der Waals surface area (Å²) in [6.07, 6.45) is 0. The molecule has 2 N–H and O–H groups in total. The lowest BCUT2D eigenvalue weighted by Crippen LogP contribution is -2.02. The van der Waals surface area contributed by atoms with Gasteiger partial charge in [0.2, 0.25) is 0 Å². The van der Waals surface area contributed by atoms with Crippen molar-refractivity contribution in [2.75, 3.05) is 5.32 Å². The number of hydrogen-bond donors (Lipinski definition) is 2.